The van der Waals surface area contributed by atoms with Gasteiger partial charge in [0.1, 0.15) is 5.60 Å². The Morgan fingerprint density at radius 1 is 1.33 bits per heavy atom. The van der Waals surface area contributed by atoms with Crippen LogP contribution in [-0.2, 0) is 10.4 Å². The molecule has 3 nitrogen and oxygen atoms in total. The molecule has 18 heavy (non-hydrogen) atoms. The number of hydrogen-bond donors (Lipinski definition) is 1. The molecular weight excluding hydrogens is 226 g/mol. The third-order valence-corrected chi connectivity index (χ3v) is 4.07. The second-order valence-corrected chi connectivity index (χ2v) is 4.90. The molecule has 1 heterocycles. The monoisotopic (exact) mass is 247 g/mol. The minimum absolute atomic E-state index is 0.0886. The average molecular weight is 247 g/mol. The number of aliphatic hydroxyl groups is 1. The van der Waals surface area contributed by atoms with E-state index in [2.05, 4.69) is 0 Å². The van der Waals surface area contributed by atoms with E-state index in [1.54, 1.807) is 0 Å². The van der Waals surface area contributed by atoms with Gasteiger partial charge >= 0.3 is 0 Å². The molecule has 0 aliphatic carbocycles. The summed E-state index contributed by atoms with van der Waals surface area (Å²) < 4.78 is 0. The van der Waals surface area contributed by atoms with E-state index in [1.165, 1.54) is 0 Å². The summed E-state index contributed by atoms with van der Waals surface area (Å²) >= 11 is 0. The molecule has 1 N–H and O–H groups in total. The first-order valence-electron chi connectivity index (χ1n) is 6.70. The predicted molar refractivity (Wildman–Crippen MR) is 71.0 cm³/mol. The van der Waals surface area contributed by atoms with Crippen molar-refractivity contribution >= 4 is 5.91 Å². The molecule has 2 rings (SSSR count). The third kappa shape index (κ3) is 2.03. The first kappa shape index (κ1) is 13.1. The Balaban J connectivity index is 2.32. The minimum atomic E-state index is -1.03. The van der Waals surface area contributed by atoms with Gasteiger partial charge in [-0.2, -0.15) is 0 Å². The van der Waals surface area contributed by atoms with E-state index >= 15 is 0 Å². The highest BCUT2D eigenvalue weighted by atomic mass is 16.3. The maximum absolute atomic E-state index is 12.3. The molecular formula is C15H21NO2. The van der Waals surface area contributed by atoms with Crippen LogP contribution in [0.1, 0.15) is 32.3 Å². The molecule has 0 bridgehead atoms. The Hall–Kier alpha value is -1.35. The summed E-state index contributed by atoms with van der Waals surface area (Å²) in [6, 6.07) is 9.56. The maximum Gasteiger partial charge on any atom is 0.229 e. The van der Waals surface area contributed by atoms with Crippen molar-refractivity contribution in [3.63, 3.8) is 0 Å². The maximum atomic E-state index is 12.3. The summed E-state index contributed by atoms with van der Waals surface area (Å²) in [5.41, 5.74) is -0.175. The van der Waals surface area contributed by atoms with Crippen LogP contribution in [0.4, 0.5) is 0 Å². The van der Waals surface area contributed by atoms with E-state index in [0.717, 1.165) is 25.1 Å². The van der Waals surface area contributed by atoms with Gasteiger partial charge in [0.15, 0.2) is 0 Å². The van der Waals surface area contributed by atoms with Crippen LogP contribution in [0, 0.1) is 5.92 Å². The van der Waals surface area contributed by atoms with Crippen molar-refractivity contribution in [2.45, 2.75) is 32.3 Å². The van der Waals surface area contributed by atoms with Crippen molar-refractivity contribution < 1.29 is 9.90 Å². The highest BCUT2D eigenvalue weighted by Crippen LogP contribution is 2.39. The van der Waals surface area contributed by atoms with E-state index in [-0.39, 0.29) is 11.8 Å². The zero-order valence-electron chi connectivity index (χ0n) is 11.1. The van der Waals surface area contributed by atoms with Crippen molar-refractivity contribution in [1.29, 1.82) is 0 Å². The number of hydrogen-bond acceptors (Lipinski definition) is 2. The van der Waals surface area contributed by atoms with Crippen LogP contribution in [-0.4, -0.2) is 29.0 Å². The molecule has 98 valence electrons. The lowest BCUT2D eigenvalue weighted by Crippen LogP contribution is -2.40. The molecule has 1 aliphatic heterocycles. The zero-order valence-corrected chi connectivity index (χ0v) is 11.1. The molecule has 3 heteroatoms. The largest absolute Gasteiger partial charge is 0.384 e. The molecule has 1 aromatic rings. The summed E-state index contributed by atoms with van der Waals surface area (Å²) in [6.07, 6.45) is 1.30. The minimum Gasteiger partial charge on any atom is -0.384 e. The molecule has 0 aromatic heterocycles. The van der Waals surface area contributed by atoms with Gasteiger partial charge in [-0.15, -0.1) is 0 Å². The molecule has 0 radical (unpaired) electrons. The summed E-state index contributed by atoms with van der Waals surface area (Å²) in [5, 5.41) is 10.9. The normalized spacial score (nSPS) is 23.2. The van der Waals surface area contributed by atoms with Gasteiger partial charge in [0.05, 0.1) is 5.92 Å². The second-order valence-electron chi connectivity index (χ2n) is 4.90. The van der Waals surface area contributed by atoms with Gasteiger partial charge in [-0.05, 0) is 25.3 Å². The Morgan fingerprint density at radius 3 is 2.50 bits per heavy atom. The second kappa shape index (κ2) is 5.11. The zero-order chi connectivity index (χ0) is 13.2. The lowest BCUT2D eigenvalue weighted by molar-refractivity contribution is -0.139. The Kier molecular flexibility index (Phi) is 3.71. The number of amides is 1. The number of nitrogens with zero attached hydrogens (tertiary/aromatic N) is 1. The van der Waals surface area contributed by atoms with Crippen LogP contribution < -0.4 is 0 Å². The number of benzene rings is 1. The van der Waals surface area contributed by atoms with E-state index in [1.807, 2.05) is 49.1 Å². The lowest BCUT2D eigenvalue weighted by atomic mass is 9.78. The Morgan fingerprint density at radius 2 is 2.00 bits per heavy atom. The van der Waals surface area contributed by atoms with Gasteiger partial charge in [-0.3, -0.25) is 4.79 Å². The van der Waals surface area contributed by atoms with E-state index in [0.29, 0.717) is 6.42 Å². The molecule has 2 atom stereocenters. The van der Waals surface area contributed by atoms with Crippen LogP contribution >= 0.6 is 0 Å². The highest BCUT2D eigenvalue weighted by molar-refractivity contribution is 5.82. The molecule has 1 aromatic carbocycles. The topological polar surface area (TPSA) is 40.5 Å². The van der Waals surface area contributed by atoms with Crippen LogP contribution in [0.2, 0.25) is 0 Å². The fourth-order valence-corrected chi connectivity index (χ4v) is 2.87. The van der Waals surface area contributed by atoms with Crippen molar-refractivity contribution in [2.75, 3.05) is 13.1 Å². The van der Waals surface area contributed by atoms with Crippen LogP contribution in [0.5, 0.6) is 0 Å². The van der Waals surface area contributed by atoms with Gasteiger partial charge in [-0.1, -0.05) is 37.3 Å². The van der Waals surface area contributed by atoms with Gasteiger partial charge in [-0.25, -0.2) is 0 Å². The van der Waals surface area contributed by atoms with Crippen molar-refractivity contribution in [1.82, 2.24) is 4.90 Å². The Bertz CT molecular complexity index is 418. The van der Waals surface area contributed by atoms with Gasteiger partial charge in [0, 0.05) is 13.1 Å². The summed E-state index contributed by atoms with van der Waals surface area (Å²) in [4.78, 5) is 14.1. The molecule has 1 fully saturated rings. The smallest absolute Gasteiger partial charge is 0.229 e. The summed E-state index contributed by atoms with van der Waals surface area (Å²) in [7, 11) is 0. The predicted octanol–water partition coefficient (Wildman–Crippen LogP) is 2.15. The Labute approximate surface area is 108 Å². The van der Waals surface area contributed by atoms with Crippen molar-refractivity contribution in [3.05, 3.63) is 35.9 Å². The molecule has 0 saturated carbocycles. The highest BCUT2D eigenvalue weighted by Gasteiger charge is 2.46. The van der Waals surface area contributed by atoms with E-state index in [4.69, 9.17) is 0 Å². The SMILES string of the molecule is CCN1CC[C@@H]([C@](O)(CC)c2ccccc2)C1=O. The number of carbonyl (C=O) groups is 1. The lowest BCUT2D eigenvalue weighted by Gasteiger charge is -2.32. The van der Waals surface area contributed by atoms with Gasteiger partial charge in [0.2, 0.25) is 5.91 Å². The van der Waals surface area contributed by atoms with E-state index in [9.17, 15) is 9.90 Å². The fraction of sp³-hybridized carbons (Fsp3) is 0.533. The van der Waals surface area contributed by atoms with Crippen molar-refractivity contribution in [2.24, 2.45) is 5.92 Å². The van der Waals surface area contributed by atoms with Crippen LogP contribution in [0.3, 0.4) is 0 Å². The van der Waals surface area contributed by atoms with Crippen LogP contribution in [0.25, 0.3) is 0 Å². The standard InChI is InChI=1S/C15H21NO2/c1-3-15(18,12-8-6-5-7-9-12)13-10-11-16(4-2)14(13)17/h5-9,13,18H,3-4,10-11H2,1-2H3/t13-,15+/m1/s1. The van der Waals surface area contributed by atoms with Crippen LogP contribution in [0.15, 0.2) is 30.3 Å². The quantitative estimate of drug-likeness (QED) is 0.885. The number of likely N-dealkylation sites (tertiary alicyclic amines) is 1. The molecule has 0 spiro atoms. The molecule has 0 unspecified atom stereocenters. The first-order chi connectivity index (χ1) is 8.63. The summed E-state index contributed by atoms with van der Waals surface area (Å²) in [5.74, 6) is -0.212. The summed E-state index contributed by atoms with van der Waals surface area (Å²) in [6.45, 7) is 5.40. The average Bonchev–Trinajstić information content (AvgIpc) is 2.80. The van der Waals surface area contributed by atoms with Gasteiger partial charge in [0.25, 0.3) is 0 Å². The van der Waals surface area contributed by atoms with E-state index < -0.39 is 5.60 Å². The van der Waals surface area contributed by atoms with Gasteiger partial charge < -0.3 is 10.0 Å². The molecule has 1 aliphatic rings. The molecule has 1 saturated heterocycles. The fourth-order valence-electron chi connectivity index (χ4n) is 2.87. The van der Waals surface area contributed by atoms with Crippen molar-refractivity contribution in [3.8, 4) is 0 Å². The third-order valence-electron chi connectivity index (χ3n) is 4.07. The molecule has 1 amide bonds. The number of carbonyl (C=O) groups excluding carboxylic acids is 1. The number of rotatable bonds is 4. The first-order valence-corrected chi connectivity index (χ1v) is 6.70.